The number of aldehydes is 2. The zero-order valence-electron chi connectivity index (χ0n) is 27.6. The van der Waals surface area contributed by atoms with Crippen molar-refractivity contribution in [1.82, 2.24) is 24.1 Å². The fraction of sp³-hybridized carbons (Fsp3) is 0.656. The maximum atomic E-state index is 13.4. The fourth-order valence-electron chi connectivity index (χ4n) is 4.92. The standard InChI is InChI=1S/C32H51N5O7S/c1-32(2,3)44-31(42)34-26-15-18-37(19-16-26)45-35(5)17-9-21-43-20-8-12-24-10-7-11-25(22-38)29(24)30(41)36(6)27(23-39)13-14-28(40)33-4/h7,10-11,22-23,26-27H,8-9,12-21H2,1-6H3,(H,33,40)(H,34,42). The van der Waals surface area contributed by atoms with Crippen molar-refractivity contribution in [3.63, 3.8) is 0 Å². The number of hydrogen-bond donors (Lipinski definition) is 2. The summed E-state index contributed by atoms with van der Waals surface area (Å²) in [5.41, 5.74) is 0.768. The van der Waals surface area contributed by atoms with Crippen molar-refractivity contribution in [3.05, 3.63) is 34.9 Å². The highest BCUT2D eigenvalue weighted by Crippen LogP contribution is 2.22. The monoisotopic (exact) mass is 649 g/mol. The predicted molar refractivity (Wildman–Crippen MR) is 175 cm³/mol. The van der Waals surface area contributed by atoms with Gasteiger partial charge in [-0.2, -0.15) is 0 Å². The number of rotatable bonds is 18. The summed E-state index contributed by atoms with van der Waals surface area (Å²) in [5, 5.41) is 5.48. The molecule has 1 atom stereocenters. The van der Waals surface area contributed by atoms with Crippen LogP contribution in [0.25, 0.3) is 0 Å². The highest BCUT2D eigenvalue weighted by molar-refractivity contribution is 7.94. The molecule has 0 spiro atoms. The summed E-state index contributed by atoms with van der Waals surface area (Å²) < 4.78 is 15.7. The van der Waals surface area contributed by atoms with E-state index in [1.807, 2.05) is 26.8 Å². The molecular weight excluding hydrogens is 598 g/mol. The van der Waals surface area contributed by atoms with E-state index in [-0.39, 0.29) is 42.0 Å². The Labute approximate surface area is 272 Å². The van der Waals surface area contributed by atoms with Crippen LogP contribution in [0.5, 0.6) is 0 Å². The molecule has 0 aliphatic carbocycles. The first-order valence-corrected chi connectivity index (χ1v) is 16.3. The van der Waals surface area contributed by atoms with E-state index >= 15 is 0 Å². The van der Waals surface area contributed by atoms with Crippen molar-refractivity contribution in [1.29, 1.82) is 0 Å². The van der Waals surface area contributed by atoms with Crippen LogP contribution < -0.4 is 10.6 Å². The maximum absolute atomic E-state index is 13.4. The molecule has 1 unspecified atom stereocenters. The van der Waals surface area contributed by atoms with E-state index in [9.17, 15) is 24.0 Å². The van der Waals surface area contributed by atoms with Gasteiger partial charge in [0.25, 0.3) is 5.91 Å². The number of nitrogens with one attached hydrogen (secondary N) is 2. The Morgan fingerprint density at radius 1 is 1.11 bits per heavy atom. The van der Waals surface area contributed by atoms with Gasteiger partial charge in [0.15, 0.2) is 6.29 Å². The summed E-state index contributed by atoms with van der Waals surface area (Å²) >= 11 is 1.70. The van der Waals surface area contributed by atoms with Crippen molar-refractivity contribution >= 4 is 42.6 Å². The molecule has 1 heterocycles. The number of amides is 3. The van der Waals surface area contributed by atoms with Crippen molar-refractivity contribution in [2.24, 2.45) is 0 Å². The lowest BCUT2D eigenvalue weighted by Crippen LogP contribution is -2.45. The SMILES string of the molecule is CNC(=O)CCC(C=O)N(C)C(=O)c1c(C=O)cccc1CCCOCCCN(C)SN1CCC(NC(=O)OC(C)(C)C)CC1. The van der Waals surface area contributed by atoms with E-state index in [1.54, 1.807) is 24.3 Å². The van der Waals surface area contributed by atoms with Gasteiger partial charge in [-0.3, -0.25) is 14.4 Å². The first-order valence-electron chi connectivity index (χ1n) is 15.6. The Kier molecular flexibility index (Phi) is 16.5. The highest BCUT2D eigenvalue weighted by atomic mass is 32.2. The molecule has 1 aliphatic heterocycles. The number of carbonyl (C=O) groups is 5. The summed E-state index contributed by atoms with van der Waals surface area (Å²) in [4.78, 5) is 61.8. The summed E-state index contributed by atoms with van der Waals surface area (Å²) in [6, 6.07) is 4.49. The van der Waals surface area contributed by atoms with Gasteiger partial charge >= 0.3 is 6.09 Å². The molecule has 13 heteroatoms. The fourth-order valence-corrected chi connectivity index (χ4v) is 5.90. The van der Waals surface area contributed by atoms with E-state index in [4.69, 9.17) is 9.47 Å². The maximum Gasteiger partial charge on any atom is 0.407 e. The van der Waals surface area contributed by atoms with Crippen LogP contribution in [0.2, 0.25) is 0 Å². The summed E-state index contributed by atoms with van der Waals surface area (Å²) in [6.45, 7) is 9.29. The molecule has 45 heavy (non-hydrogen) atoms. The number of ether oxygens (including phenoxy) is 2. The smallest absolute Gasteiger partial charge is 0.407 e. The van der Waals surface area contributed by atoms with Gasteiger partial charge in [0.1, 0.15) is 11.9 Å². The third-order valence-electron chi connectivity index (χ3n) is 7.37. The van der Waals surface area contributed by atoms with E-state index in [0.29, 0.717) is 38.6 Å². The lowest BCUT2D eigenvalue weighted by atomic mass is 9.96. The van der Waals surface area contributed by atoms with Crippen LogP contribution in [0.15, 0.2) is 18.2 Å². The molecule has 2 rings (SSSR count). The van der Waals surface area contributed by atoms with Crippen LogP contribution in [-0.4, -0.2) is 116 Å². The van der Waals surface area contributed by atoms with Gasteiger partial charge in [0, 0.05) is 77.1 Å². The summed E-state index contributed by atoms with van der Waals surface area (Å²) in [6.07, 6.45) is 5.05. The molecule has 0 saturated carbocycles. The Bertz CT molecular complexity index is 1120. The third kappa shape index (κ3) is 13.9. The number of likely N-dealkylation sites (N-methyl/N-ethyl adjacent to an activating group) is 1. The Morgan fingerprint density at radius 2 is 1.80 bits per heavy atom. The largest absolute Gasteiger partial charge is 0.444 e. The molecular formula is C32H51N5O7S. The minimum absolute atomic E-state index is 0.110. The van der Waals surface area contributed by atoms with Crippen LogP contribution >= 0.6 is 12.1 Å². The lowest BCUT2D eigenvalue weighted by Gasteiger charge is -2.33. The third-order valence-corrected chi connectivity index (χ3v) is 8.43. The van der Waals surface area contributed by atoms with Crippen LogP contribution in [0.1, 0.15) is 85.6 Å². The van der Waals surface area contributed by atoms with E-state index < -0.39 is 17.6 Å². The van der Waals surface area contributed by atoms with Crippen molar-refractivity contribution in [2.75, 3.05) is 54.0 Å². The quantitative estimate of drug-likeness (QED) is 0.138. The molecule has 12 nitrogen and oxygen atoms in total. The minimum Gasteiger partial charge on any atom is -0.444 e. The Morgan fingerprint density at radius 3 is 2.42 bits per heavy atom. The molecule has 1 aliphatic rings. The first-order chi connectivity index (χ1) is 21.4. The molecule has 0 radical (unpaired) electrons. The predicted octanol–water partition coefficient (Wildman–Crippen LogP) is 3.49. The second-order valence-corrected chi connectivity index (χ2v) is 13.5. The number of benzene rings is 1. The summed E-state index contributed by atoms with van der Waals surface area (Å²) in [5.74, 6) is -0.639. The normalized spacial score (nSPS) is 14.9. The molecule has 1 fully saturated rings. The van der Waals surface area contributed by atoms with Crippen LogP contribution in [0.3, 0.4) is 0 Å². The molecule has 3 amide bonds. The van der Waals surface area contributed by atoms with Crippen molar-refractivity contribution < 1.29 is 33.4 Å². The highest BCUT2D eigenvalue weighted by Gasteiger charge is 2.26. The Balaban J connectivity index is 1.72. The van der Waals surface area contributed by atoms with Crippen molar-refractivity contribution in [3.8, 4) is 0 Å². The molecule has 1 aromatic rings. The zero-order valence-corrected chi connectivity index (χ0v) is 28.5. The van der Waals surface area contributed by atoms with Gasteiger partial charge in [0.2, 0.25) is 5.91 Å². The number of carbonyl (C=O) groups excluding carboxylic acids is 5. The number of nitrogens with zero attached hydrogens (tertiary/aromatic N) is 3. The molecule has 2 N–H and O–H groups in total. The second-order valence-electron chi connectivity index (χ2n) is 12.2. The van der Waals surface area contributed by atoms with Gasteiger partial charge in [-0.1, -0.05) is 18.2 Å². The first kappa shape index (κ1) is 38.2. The molecule has 1 aromatic carbocycles. The van der Waals surface area contributed by atoms with Gasteiger partial charge in [-0.25, -0.2) is 13.4 Å². The van der Waals surface area contributed by atoms with Crippen LogP contribution in [0.4, 0.5) is 4.79 Å². The minimum atomic E-state index is -0.782. The Hall–Kier alpha value is -3.00. The van der Waals surface area contributed by atoms with Gasteiger partial charge in [0.05, 0.1) is 11.6 Å². The number of hydrogen-bond acceptors (Lipinski definition) is 10. The number of alkyl carbamates (subject to hydrolysis) is 1. The number of aryl methyl sites for hydroxylation is 1. The van der Waals surface area contributed by atoms with Crippen molar-refractivity contribution in [2.45, 2.75) is 83.4 Å². The average molecular weight is 650 g/mol. The van der Waals surface area contributed by atoms with Crippen LogP contribution in [0, 0.1) is 0 Å². The van der Waals surface area contributed by atoms with E-state index in [2.05, 4.69) is 26.3 Å². The molecule has 252 valence electrons. The average Bonchev–Trinajstić information content (AvgIpc) is 3.00. The topological polar surface area (TPSA) is 138 Å². The molecule has 0 aromatic heterocycles. The van der Waals surface area contributed by atoms with E-state index in [1.165, 1.54) is 19.0 Å². The molecule has 1 saturated heterocycles. The van der Waals surface area contributed by atoms with Gasteiger partial charge < -0.3 is 29.8 Å². The van der Waals surface area contributed by atoms with Gasteiger partial charge in [-0.05, 0) is 71.9 Å². The summed E-state index contributed by atoms with van der Waals surface area (Å²) in [7, 11) is 5.09. The number of piperidine rings is 1. The molecule has 0 bridgehead atoms. The second kappa shape index (κ2) is 19.5. The van der Waals surface area contributed by atoms with E-state index in [0.717, 1.165) is 44.5 Å². The zero-order chi connectivity index (χ0) is 33.4. The lowest BCUT2D eigenvalue weighted by molar-refractivity contribution is -0.121. The van der Waals surface area contributed by atoms with Gasteiger partial charge in [-0.15, -0.1) is 0 Å². The van der Waals surface area contributed by atoms with Crippen LogP contribution in [-0.2, 0) is 25.5 Å².